The van der Waals surface area contributed by atoms with Gasteiger partial charge in [-0.1, -0.05) is 18.2 Å². The number of nitrogens with one attached hydrogen (secondary N) is 1. The average Bonchev–Trinajstić information content (AvgIpc) is 3.59. The predicted molar refractivity (Wildman–Crippen MR) is 135 cm³/mol. The summed E-state index contributed by atoms with van der Waals surface area (Å²) >= 11 is 2.79. The van der Waals surface area contributed by atoms with Gasteiger partial charge in [-0.25, -0.2) is 13.4 Å². The molecular weight excluding hydrogens is 492 g/mol. The average molecular weight is 517 g/mol. The number of carbonyl (C=O) groups is 1. The molecule has 8 nitrogen and oxygen atoms in total. The van der Waals surface area contributed by atoms with Crippen LogP contribution >= 0.6 is 22.7 Å². The lowest BCUT2D eigenvalue weighted by Crippen LogP contribution is -2.35. The van der Waals surface area contributed by atoms with Crippen molar-refractivity contribution in [2.75, 3.05) is 24.4 Å². The molecular formula is C23H24N4O4S3. The molecule has 1 aromatic carbocycles. The first-order valence-corrected chi connectivity index (χ1v) is 14.0. The van der Waals surface area contributed by atoms with Crippen molar-refractivity contribution in [3.05, 3.63) is 52.9 Å². The minimum atomic E-state index is -3.64. The Hall–Kier alpha value is -2.73. The van der Waals surface area contributed by atoms with E-state index in [0.717, 1.165) is 46.1 Å². The van der Waals surface area contributed by atoms with E-state index in [9.17, 15) is 18.3 Å². The van der Waals surface area contributed by atoms with Crippen LogP contribution in [0, 0.1) is 5.92 Å². The molecule has 0 bridgehead atoms. The first kappa shape index (κ1) is 23.0. The maximum absolute atomic E-state index is 13.0. The quantitative estimate of drug-likeness (QED) is 0.375. The predicted octanol–water partition coefficient (Wildman–Crippen LogP) is 4.47. The molecule has 1 aliphatic heterocycles. The van der Waals surface area contributed by atoms with Gasteiger partial charge >= 0.3 is 5.97 Å². The number of thiazole rings is 1. The van der Waals surface area contributed by atoms with E-state index in [1.807, 2.05) is 24.4 Å². The molecule has 4 aromatic rings. The van der Waals surface area contributed by atoms with E-state index in [-0.39, 0.29) is 5.92 Å². The van der Waals surface area contributed by atoms with E-state index < -0.39 is 16.0 Å². The van der Waals surface area contributed by atoms with Gasteiger partial charge in [0.15, 0.2) is 0 Å². The van der Waals surface area contributed by atoms with Crippen molar-refractivity contribution >= 4 is 55.3 Å². The van der Waals surface area contributed by atoms with E-state index in [1.165, 1.54) is 15.6 Å². The Bertz CT molecular complexity index is 1420. The van der Waals surface area contributed by atoms with Crippen molar-refractivity contribution in [1.82, 2.24) is 14.9 Å². The van der Waals surface area contributed by atoms with Gasteiger partial charge in [-0.3, -0.25) is 14.0 Å². The monoisotopic (exact) mass is 516 g/mol. The molecule has 0 aliphatic carbocycles. The van der Waals surface area contributed by atoms with Gasteiger partial charge in [0.1, 0.15) is 9.22 Å². The molecule has 34 heavy (non-hydrogen) atoms. The summed E-state index contributed by atoms with van der Waals surface area (Å²) in [4.78, 5) is 22.5. The number of hydrogen-bond acceptors (Lipinski definition) is 7. The third-order valence-corrected chi connectivity index (χ3v) is 10.3. The Kier molecular flexibility index (Phi) is 6.19. The van der Waals surface area contributed by atoms with Crippen LogP contribution in [0.5, 0.6) is 0 Å². The highest BCUT2D eigenvalue weighted by Gasteiger charge is 2.26. The highest BCUT2D eigenvalue weighted by Crippen LogP contribution is 2.35. The Balaban J connectivity index is 1.37. The maximum atomic E-state index is 13.0. The second-order valence-electron chi connectivity index (χ2n) is 8.35. The SMILES string of the molecule is CN(c1cccc2cc(-c3ncc(CN4CCC(C(=O)O)CC4)s3)[nH]c12)S(=O)(=O)c1cccs1. The molecule has 1 saturated heterocycles. The number of sulfonamides is 1. The summed E-state index contributed by atoms with van der Waals surface area (Å²) in [7, 11) is -2.07. The zero-order chi connectivity index (χ0) is 23.9. The van der Waals surface area contributed by atoms with Gasteiger partial charge in [0.05, 0.1) is 22.8 Å². The second kappa shape index (κ2) is 9.14. The molecule has 0 amide bonds. The topological polar surface area (TPSA) is 107 Å². The summed E-state index contributed by atoms with van der Waals surface area (Å²) in [5, 5.41) is 12.7. The zero-order valence-corrected chi connectivity index (χ0v) is 20.9. The number of para-hydroxylation sites is 1. The molecule has 3 aromatic heterocycles. The number of aliphatic carboxylic acids is 1. The number of carboxylic acid groups (broad SMARTS) is 1. The van der Waals surface area contributed by atoms with Crippen molar-refractivity contribution in [3.63, 3.8) is 0 Å². The largest absolute Gasteiger partial charge is 0.481 e. The number of fused-ring (bicyclic) bond motifs is 1. The van der Waals surface area contributed by atoms with Crippen molar-refractivity contribution in [2.45, 2.75) is 23.6 Å². The molecule has 1 aliphatic rings. The number of nitrogens with zero attached hydrogens (tertiary/aromatic N) is 3. The fourth-order valence-corrected chi connectivity index (χ4v) is 7.55. The van der Waals surface area contributed by atoms with Crippen LogP contribution in [0.15, 0.2) is 52.2 Å². The number of aromatic nitrogens is 2. The van der Waals surface area contributed by atoms with Crippen LogP contribution in [0.1, 0.15) is 17.7 Å². The van der Waals surface area contributed by atoms with Crippen LogP contribution in [-0.4, -0.2) is 54.5 Å². The summed E-state index contributed by atoms with van der Waals surface area (Å²) in [6.07, 6.45) is 3.21. The summed E-state index contributed by atoms with van der Waals surface area (Å²) in [5.74, 6) is -0.942. The number of H-pyrrole nitrogens is 1. The molecule has 4 heterocycles. The van der Waals surface area contributed by atoms with E-state index in [4.69, 9.17) is 0 Å². The third-order valence-electron chi connectivity index (χ3n) is 6.18. The molecule has 0 radical (unpaired) electrons. The van der Waals surface area contributed by atoms with E-state index in [1.54, 1.807) is 42.0 Å². The summed E-state index contributed by atoms with van der Waals surface area (Å²) in [5.41, 5.74) is 2.16. The smallest absolute Gasteiger partial charge is 0.306 e. The lowest BCUT2D eigenvalue weighted by Gasteiger charge is -2.29. The maximum Gasteiger partial charge on any atom is 0.306 e. The molecule has 11 heteroatoms. The Morgan fingerprint density at radius 1 is 1.26 bits per heavy atom. The molecule has 1 fully saturated rings. The fourth-order valence-electron chi connectivity index (χ4n) is 4.26. The van der Waals surface area contributed by atoms with Gasteiger partial charge in [-0.15, -0.1) is 22.7 Å². The number of piperidine rings is 1. The molecule has 0 atom stereocenters. The molecule has 178 valence electrons. The van der Waals surface area contributed by atoms with E-state index in [2.05, 4.69) is 14.9 Å². The standard InChI is InChI=1S/C23H24N4O4S3/c1-26(34(30,31)20-6-3-11-32-20)19-5-2-4-16-12-18(25-21(16)19)22-24-13-17(33-22)14-27-9-7-15(8-10-27)23(28)29/h2-6,11-13,15,25H,7-10,14H2,1H3,(H,28,29). The summed E-state index contributed by atoms with van der Waals surface area (Å²) in [6, 6.07) is 10.9. The Morgan fingerprint density at radius 3 is 2.76 bits per heavy atom. The number of benzene rings is 1. The second-order valence-corrected chi connectivity index (χ2v) is 12.6. The molecule has 0 spiro atoms. The van der Waals surface area contributed by atoms with Gasteiger partial charge < -0.3 is 10.1 Å². The lowest BCUT2D eigenvalue weighted by atomic mass is 9.97. The molecule has 0 saturated carbocycles. The van der Waals surface area contributed by atoms with Gasteiger partial charge in [-0.2, -0.15) is 0 Å². The normalized spacial score (nSPS) is 15.7. The summed E-state index contributed by atoms with van der Waals surface area (Å²) in [6.45, 7) is 2.28. The molecule has 5 rings (SSSR count). The van der Waals surface area contributed by atoms with Crippen LogP contribution < -0.4 is 4.31 Å². The van der Waals surface area contributed by atoms with Crippen molar-refractivity contribution in [3.8, 4) is 10.7 Å². The van der Waals surface area contributed by atoms with E-state index in [0.29, 0.717) is 22.7 Å². The number of carboxylic acids is 1. The molecule has 0 unspecified atom stereocenters. The van der Waals surface area contributed by atoms with Crippen molar-refractivity contribution < 1.29 is 18.3 Å². The van der Waals surface area contributed by atoms with Gasteiger partial charge in [0.25, 0.3) is 10.0 Å². The number of aromatic amines is 1. The number of thiophene rings is 1. The number of anilines is 1. The minimum Gasteiger partial charge on any atom is -0.481 e. The van der Waals surface area contributed by atoms with Crippen LogP contribution in [0.2, 0.25) is 0 Å². The lowest BCUT2D eigenvalue weighted by molar-refractivity contribution is -0.143. The first-order chi connectivity index (χ1) is 16.3. The van der Waals surface area contributed by atoms with Crippen LogP contribution in [0.3, 0.4) is 0 Å². The fraction of sp³-hybridized carbons (Fsp3) is 0.304. The van der Waals surface area contributed by atoms with Gasteiger partial charge in [-0.05, 0) is 49.5 Å². The Labute approximate surface area is 205 Å². The number of hydrogen-bond donors (Lipinski definition) is 2. The minimum absolute atomic E-state index is 0.240. The van der Waals surface area contributed by atoms with Crippen molar-refractivity contribution in [1.29, 1.82) is 0 Å². The third kappa shape index (κ3) is 4.36. The first-order valence-electron chi connectivity index (χ1n) is 10.9. The van der Waals surface area contributed by atoms with Crippen LogP contribution in [0.4, 0.5) is 5.69 Å². The number of likely N-dealkylation sites (tertiary alicyclic amines) is 1. The highest BCUT2D eigenvalue weighted by atomic mass is 32.2. The Morgan fingerprint density at radius 2 is 2.06 bits per heavy atom. The van der Waals surface area contributed by atoms with Crippen LogP contribution in [-0.2, 0) is 21.4 Å². The van der Waals surface area contributed by atoms with Crippen molar-refractivity contribution in [2.24, 2.45) is 5.92 Å². The number of rotatable bonds is 7. The van der Waals surface area contributed by atoms with Crippen LogP contribution in [0.25, 0.3) is 21.6 Å². The van der Waals surface area contributed by atoms with Gasteiger partial charge in [0.2, 0.25) is 0 Å². The zero-order valence-electron chi connectivity index (χ0n) is 18.5. The summed E-state index contributed by atoms with van der Waals surface area (Å²) < 4.78 is 27.7. The highest BCUT2D eigenvalue weighted by molar-refractivity contribution is 7.94. The van der Waals surface area contributed by atoms with E-state index >= 15 is 0 Å². The molecule has 2 N–H and O–H groups in total. The van der Waals surface area contributed by atoms with Gasteiger partial charge in [0, 0.05) is 30.1 Å².